The fraction of sp³-hybridized carbons (Fsp3) is 0.400. The van der Waals surface area contributed by atoms with Crippen LogP contribution in [-0.4, -0.2) is 47.3 Å². The van der Waals surface area contributed by atoms with Crippen LogP contribution in [0.1, 0.15) is 54.0 Å². The molecule has 1 aromatic rings. The van der Waals surface area contributed by atoms with Crippen molar-refractivity contribution < 1.29 is 38.9 Å². The van der Waals surface area contributed by atoms with Crippen molar-refractivity contribution in [1.82, 2.24) is 0 Å². The van der Waals surface area contributed by atoms with E-state index in [4.69, 9.17) is 14.6 Å². The number of hydrogen-bond donors (Lipinski definition) is 2. The predicted molar refractivity (Wildman–Crippen MR) is 99.9 cm³/mol. The fourth-order valence-corrected chi connectivity index (χ4v) is 2.00. The number of carboxylic acids is 2. The molecule has 0 aliphatic carbocycles. The summed E-state index contributed by atoms with van der Waals surface area (Å²) >= 11 is 0. The zero-order valence-electron chi connectivity index (χ0n) is 16.2. The van der Waals surface area contributed by atoms with Crippen LogP contribution in [0.4, 0.5) is 0 Å². The van der Waals surface area contributed by atoms with Crippen LogP contribution in [0.3, 0.4) is 0 Å². The first kappa shape index (κ1) is 22.9. The molecule has 0 amide bonds. The van der Waals surface area contributed by atoms with Gasteiger partial charge in [0.2, 0.25) is 0 Å². The molecule has 0 spiro atoms. The molecule has 0 fully saturated rings. The maximum Gasteiger partial charge on any atom is 0.345 e. The maximum atomic E-state index is 12.4. The Hall–Kier alpha value is -3.16. The van der Waals surface area contributed by atoms with Gasteiger partial charge < -0.3 is 19.7 Å². The third-order valence-electron chi connectivity index (χ3n) is 3.37. The molecule has 2 N–H and O–H groups in total. The van der Waals surface area contributed by atoms with E-state index in [0.717, 1.165) is 12.1 Å². The molecule has 0 aromatic heterocycles. The van der Waals surface area contributed by atoms with Gasteiger partial charge >= 0.3 is 23.9 Å². The second-order valence-corrected chi connectivity index (χ2v) is 6.95. The summed E-state index contributed by atoms with van der Waals surface area (Å²) in [5.74, 6) is -4.53. The highest BCUT2D eigenvalue weighted by Crippen LogP contribution is 2.18. The molecule has 152 valence electrons. The molecule has 0 radical (unpaired) electrons. The van der Waals surface area contributed by atoms with Gasteiger partial charge in [0.05, 0.1) is 24.3 Å². The van der Waals surface area contributed by atoms with Crippen LogP contribution < -0.4 is 0 Å². The molecule has 0 aliphatic rings. The monoisotopic (exact) mass is 392 g/mol. The first-order valence-corrected chi connectivity index (χ1v) is 8.69. The molecule has 0 saturated carbocycles. The van der Waals surface area contributed by atoms with Crippen molar-refractivity contribution in [2.75, 3.05) is 13.2 Å². The SMILES string of the molecule is CC(C)COC(=O)C(=Cc1ccc(C(=O)O)cc1C(=O)O)C(=O)OCC(C)C. The number of ether oxygens (including phenoxy) is 2. The van der Waals surface area contributed by atoms with Gasteiger partial charge in [-0.25, -0.2) is 19.2 Å². The number of rotatable bonds is 9. The minimum atomic E-state index is -1.40. The van der Waals surface area contributed by atoms with Gasteiger partial charge in [0.15, 0.2) is 0 Å². The maximum absolute atomic E-state index is 12.4. The molecule has 8 nitrogen and oxygen atoms in total. The molecule has 0 atom stereocenters. The number of esters is 2. The van der Waals surface area contributed by atoms with Crippen molar-refractivity contribution in [2.24, 2.45) is 11.8 Å². The second-order valence-electron chi connectivity index (χ2n) is 6.95. The number of carbonyl (C=O) groups excluding carboxylic acids is 2. The largest absolute Gasteiger partial charge is 0.478 e. The lowest BCUT2D eigenvalue weighted by molar-refractivity contribution is -0.148. The highest BCUT2D eigenvalue weighted by molar-refractivity contribution is 6.18. The van der Waals surface area contributed by atoms with Gasteiger partial charge in [-0.2, -0.15) is 0 Å². The predicted octanol–water partition coefficient (Wildman–Crippen LogP) is 2.86. The Morgan fingerprint density at radius 1 is 0.893 bits per heavy atom. The van der Waals surface area contributed by atoms with Crippen molar-refractivity contribution >= 4 is 30.0 Å². The van der Waals surface area contributed by atoms with E-state index in [0.29, 0.717) is 0 Å². The molecule has 0 saturated heterocycles. The summed E-state index contributed by atoms with van der Waals surface area (Å²) < 4.78 is 10.2. The van der Waals surface area contributed by atoms with Crippen LogP contribution in [0.15, 0.2) is 23.8 Å². The van der Waals surface area contributed by atoms with Gasteiger partial charge in [0.25, 0.3) is 0 Å². The molecule has 28 heavy (non-hydrogen) atoms. The summed E-state index contributed by atoms with van der Waals surface area (Å²) in [6, 6.07) is 3.34. The van der Waals surface area contributed by atoms with Crippen molar-refractivity contribution in [2.45, 2.75) is 27.7 Å². The zero-order chi connectivity index (χ0) is 21.4. The van der Waals surface area contributed by atoms with E-state index in [1.807, 2.05) is 27.7 Å². The topological polar surface area (TPSA) is 127 Å². The van der Waals surface area contributed by atoms with E-state index in [2.05, 4.69) is 0 Å². The van der Waals surface area contributed by atoms with E-state index in [1.165, 1.54) is 12.1 Å². The van der Waals surface area contributed by atoms with E-state index in [1.54, 1.807) is 0 Å². The molecule has 0 bridgehead atoms. The Labute approximate surface area is 162 Å². The Morgan fingerprint density at radius 2 is 1.39 bits per heavy atom. The van der Waals surface area contributed by atoms with E-state index in [9.17, 15) is 24.3 Å². The molecule has 8 heteroatoms. The molecule has 1 aromatic carbocycles. The van der Waals surface area contributed by atoms with E-state index < -0.39 is 29.5 Å². The normalized spacial score (nSPS) is 10.5. The van der Waals surface area contributed by atoms with Crippen LogP contribution in [-0.2, 0) is 19.1 Å². The Kier molecular flexibility index (Phi) is 8.37. The van der Waals surface area contributed by atoms with Crippen LogP contribution >= 0.6 is 0 Å². The van der Waals surface area contributed by atoms with Crippen LogP contribution in [0.25, 0.3) is 6.08 Å². The number of hydrogen-bond acceptors (Lipinski definition) is 6. The summed E-state index contributed by atoms with van der Waals surface area (Å²) in [5, 5.41) is 18.4. The van der Waals surface area contributed by atoms with Crippen molar-refractivity contribution in [3.8, 4) is 0 Å². The molecule has 0 unspecified atom stereocenters. The third-order valence-corrected chi connectivity index (χ3v) is 3.37. The lowest BCUT2D eigenvalue weighted by atomic mass is 10.0. The number of carboxylic acid groups (broad SMARTS) is 2. The number of carbonyl (C=O) groups is 4. The summed E-state index contributed by atoms with van der Waals surface area (Å²) in [6.45, 7) is 7.42. The first-order valence-electron chi connectivity index (χ1n) is 8.69. The fourth-order valence-electron chi connectivity index (χ4n) is 2.00. The summed E-state index contributed by atoms with van der Waals surface area (Å²) in [6.07, 6.45) is 1.04. The van der Waals surface area contributed by atoms with Gasteiger partial charge in [0.1, 0.15) is 5.57 Å². The van der Waals surface area contributed by atoms with Gasteiger partial charge in [-0.15, -0.1) is 0 Å². The van der Waals surface area contributed by atoms with Crippen LogP contribution in [0.2, 0.25) is 0 Å². The number of aromatic carboxylic acids is 2. The first-order chi connectivity index (χ1) is 13.0. The van der Waals surface area contributed by atoms with Crippen molar-refractivity contribution in [3.63, 3.8) is 0 Å². The quantitative estimate of drug-likeness (QED) is 0.284. The Balaban J connectivity index is 3.37. The van der Waals surface area contributed by atoms with Crippen molar-refractivity contribution in [3.05, 3.63) is 40.5 Å². The summed E-state index contributed by atoms with van der Waals surface area (Å²) in [7, 11) is 0. The summed E-state index contributed by atoms with van der Waals surface area (Å²) in [4.78, 5) is 47.3. The van der Waals surface area contributed by atoms with Gasteiger partial charge in [-0.1, -0.05) is 33.8 Å². The number of benzene rings is 1. The van der Waals surface area contributed by atoms with E-state index >= 15 is 0 Å². The Morgan fingerprint density at radius 3 is 1.79 bits per heavy atom. The third kappa shape index (κ3) is 6.86. The lowest BCUT2D eigenvalue weighted by Gasteiger charge is -2.12. The standard InChI is InChI=1S/C20H24O8/c1-11(2)9-27-19(25)16(20(26)28-10-12(3)4)7-13-5-6-14(17(21)22)8-15(13)18(23)24/h5-8,11-12H,9-10H2,1-4H3,(H,21,22)(H,23,24). The average molecular weight is 392 g/mol. The summed E-state index contributed by atoms with van der Waals surface area (Å²) in [5.41, 5.74) is -1.09. The van der Waals surface area contributed by atoms with Crippen molar-refractivity contribution in [1.29, 1.82) is 0 Å². The van der Waals surface area contributed by atoms with Gasteiger partial charge in [-0.3, -0.25) is 0 Å². The van der Waals surface area contributed by atoms with E-state index in [-0.39, 0.29) is 41.7 Å². The van der Waals surface area contributed by atoms with Crippen LogP contribution in [0.5, 0.6) is 0 Å². The minimum Gasteiger partial charge on any atom is -0.478 e. The molecular formula is C20H24O8. The van der Waals surface area contributed by atoms with Gasteiger partial charge in [0, 0.05) is 0 Å². The van der Waals surface area contributed by atoms with Crippen LogP contribution in [0, 0.1) is 11.8 Å². The highest BCUT2D eigenvalue weighted by Gasteiger charge is 2.24. The van der Waals surface area contributed by atoms with Gasteiger partial charge in [-0.05, 0) is 35.6 Å². The molecular weight excluding hydrogens is 368 g/mol. The minimum absolute atomic E-state index is 0.0181. The highest BCUT2D eigenvalue weighted by atomic mass is 16.6. The molecule has 1 rings (SSSR count). The molecule has 0 heterocycles. The average Bonchev–Trinajstić information content (AvgIpc) is 2.61. The second kappa shape index (κ2) is 10.2. The zero-order valence-corrected chi connectivity index (χ0v) is 16.2. The lowest BCUT2D eigenvalue weighted by Crippen LogP contribution is -2.21. The molecule has 0 aliphatic heterocycles. The Bertz CT molecular complexity index is 763. The smallest absolute Gasteiger partial charge is 0.345 e.